The molecule has 0 bridgehead atoms. The monoisotopic (exact) mass is 278 g/mol. The number of nitrogens with two attached hydrogens (primary N) is 1. The maximum Gasteiger partial charge on any atom is 0.337 e. The van der Waals surface area contributed by atoms with Crippen LogP contribution in [0.15, 0.2) is 30.5 Å². The number of nitrogens with one attached hydrogen (secondary N) is 1. The molecule has 0 aliphatic carbocycles. The van der Waals surface area contributed by atoms with Gasteiger partial charge in [-0.1, -0.05) is 11.6 Å². The van der Waals surface area contributed by atoms with E-state index in [0.717, 1.165) is 0 Å². The van der Waals surface area contributed by atoms with Gasteiger partial charge in [0.05, 0.1) is 28.5 Å². The molecule has 0 saturated carbocycles. The summed E-state index contributed by atoms with van der Waals surface area (Å²) in [6, 6.07) is 6.36. The second kappa shape index (κ2) is 5.53. The van der Waals surface area contributed by atoms with Gasteiger partial charge in [-0.25, -0.2) is 4.79 Å². The van der Waals surface area contributed by atoms with Gasteiger partial charge in [0.1, 0.15) is 0 Å². The Balaban J connectivity index is 2.27. The number of nitrogen functional groups attached to an aromatic ring is 1. The zero-order chi connectivity index (χ0) is 13.8. The highest BCUT2D eigenvalue weighted by Gasteiger charge is 2.14. The molecule has 4 N–H and O–H groups in total. The van der Waals surface area contributed by atoms with E-state index in [2.05, 4.69) is 15.5 Å². The van der Waals surface area contributed by atoms with Gasteiger partial charge in [0, 0.05) is 11.9 Å². The van der Waals surface area contributed by atoms with Crippen LogP contribution >= 0.6 is 11.6 Å². The SMILES string of the molecule is Nc1cc(Cl)c(NCc2cccnn2)c(C(=O)O)c1. The van der Waals surface area contributed by atoms with Crippen LogP contribution in [0.4, 0.5) is 11.4 Å². The van der Waals surface area contributed by atoms with Crippen molar-refractivity contribution in [2.24, 2.45) is 0 Å². The van der Waals surface area contributed by atoms with Gasteiger partial charge in [0.2, 0.25) is 0 Å². The summed E-state index contributed by atoms with van der Waals surface area (Å²) in [5.74, 6) is -1.10. The van der Waals surface area contributed by atoms with Crippen LogP contribution in [0.2, 0.25) is 5.02 Å². The summed E-state index contributed by atoms with van der Waals surface area (Å²) >= 11 is 6.00. The lowest BCUT2D eigenvalue weighted by atomic mass is 10.1. The molecule has 1 aromatic carbocycles. The van der Waals surface area contributed by atoms with Crippen LogP contribution < -0.4 is 11.1 Å². The van der Waals surface area contributed by atoms with Crippen molar-refractivity contribution in [2.45, 2.75) is 6.54 Å². The van der Waals surface area contributed by atoms with E-state index in [4.69, 9.17) is 22.4 Å². The summed E-state index contributed by atoms with van der Waals surface area (Å²) in [6.07, 6.45) is 1.56. The van der Waals surface area contributed by atoms with E-state index in [-0.39, 0.29) is 10.6 Å². The predicted molar refractivity (Wildman–Crippen MR) is 72.2 cm³/mol. The third-order valence-electron chi connectivity index (χ3n) is 2.42. The van der Waals surface area contributed by atoms with Gasteiger partial charge in [-0.15, -0.1) is 0 Å². The number of rotatable bonds is 4. The minimum absolute atomic E-state index is 0.0221. The lowest BCUT2D eigenvalue weighted by Gasteiger charge is -2.12. The van der Waals surface area contributed by atoms with Gasteiger partial charge < -0.3 is 16.2 Å². The summed E-state index contributed by atoms with van der Waals surface area (Å²) in [7, 11) is 0. The number of anilines is 2. The van der Waals surface area contributed by atoms with Crippen molar-refractivity contribution in [3.63, 3.8) is 0 Å². The number of carboxylic acids is 1. The Morgan fingerprint density at radius 2 is 2.26 bits per heavy atom. The van der Waals surface area contributed by atoms with E-state index in [0.29, 0.717) is 23.6 Å². The molecule has 0 unspecified atom stereocenters. The molecule has 98 valence electrons. The van der Waals surface area contributed by atoms with Crippen LogP contribution in [-0.2, 0) is 6.54 Å². The molecule has 0 aliphatic heterocycles. The highest BCUT2D eigenvalue weighted by Crippen LogP contribution is 2.29. The van der Waals surface area contributed by atoms with E-state index in [9.17, 15) is 4.79 Å². The van der Waals surface area contributed by atoms with E-state index in [1.54, 1.807) is 18.3 Å². The Labute approximate surface area is 114 Å². The molecule has 7 heteroatoms. The Morgan fingerprint density at radius 1 is 1.47 bits per heavy atom. The molecule has 1 heterocycles. The van der Waals surface area contributed by atoms with Gasteiger partial charge in [0.15, 0.2) is 0 Å². The van der Waals surface area contributed by atoms with Crippen LogP contribution in [0.3, 0.4) is 0 Å². The third kappa shape index (κ3) is 3.11. The average molecular weight is 279 g/mol. The average Bonchev–Trinajstić information content (AvgIpc) is 2.38. The Morgan fingerprint density at radius 3 is 2.89 bits per heavy atom. The van der Waals surface area contributed by atoms with Crippen molar-refractivity contribution in [3.8, 4) is 0 Å². The fourth-order valence-electron chi connectivity index (χ4n) is 1.58. The quantitative estimate of drug-likeness (QED) is 0.740. The van der Waals surface area contributed by atoms with Gasteiger partial charge >= 0.3 is 5.97 Å². The molecule has 2 aromatic rings. The molecule has 1 aromatic heterocycles. The molecule has 0 spiro atoms. The maximum absolute atomic E-state index is 11.2. The molecule has 0 radical (unpaired) electrons. The summed E-state index contributed by atoms with van der Waals surface area (Å²) in [5, 5.41) is 19.9. The Kier molecular flexibility index (Phi) is 3.82. The first-order valence-corrected chi connectivity index (χ1v) is 5.78. The molecule has 0 atom stereocenters. The molecule has 0 saturated heterocycles. The molecular formula is C12H11ClN4O2. The number of carboxylic acid groups (broad SMARTS) is 1. The summed E-state index contributed by atoms with van der Waals surface area (Å²) < 4.78 is 0. The first kappa shape index (κ1) is 13.1. The largest absolute Gasteiger partial charge is 0.478 e. The number of aromatic nitrogens is 2. The fourth-order valence-corrected chi connectivity index (χ4v) is 1.88. The molecule has 19 heavy (non-hydrogen) atoms. The number of benzene rings is 1. The van der Waals surface area contributed by atoms with Crippen LogP contribution in [0.1, 0.15) is 16.1 Å². The van der Waals surface area contributed by atoms with E-state index < -0.39 is 5.97 Å². The number of nitrogens with zero attached hydrogens (tertiary/aromatic N) is 2. The molecule has 0 fully saturated rings. The van der Waals surface area contributed by atoms with Crippen molar-refractivity contribution < 1.29 is 9.90 Å². The highest BCUT2D eigenvalue weighted by molar-refractivity contribution is 6.34. The zero-order valence-electron chi connectivity index (χ0n) is 9.80. The Bertz CT molecular complexity index is 604. The van der Waals surface area contributed by atoms with Gasteiger partial charge in [-0.05, 0) is 24.3 Å². The summed E-state index contributed by atoms with van der Waals surface area (Å²) in [5.41, 5.74) is 6.88. The maximum atomic E-state index is 11.2. The highest BCUT2D eigenvalue weighted by atomic mass is 35.5. The van der Waals surface area contributed by atoms with Crippen molar-refractivity contribution in [1.82, 2.24) is 10.2 Å². The summed E-state index contributed by atoms with van der Waals surface area (Å²) in [6.45, 7) is 0.317. The number of aromatic carboxylic acids is 1. The van der Waals surface area contributed by atoms with Crippen molar-refractivity contribution >= 4 is 28.9 Å². The predicted octanol–water partition coefficient (Wildman–Crippen LogP) is 2.02. The standard InChI is InChI=1S/C12H11ClN4O2/c13-10-5-7(14)4-9(12(18)19)11(10)15-6-8-2-1-3-16-17-8/h1-5,15H,6,14H2,(H,18,19). The number of hydrogen-bond donors (Lipinski definition) is 3. The number of halogens is 1. The van der Waals surface area contributed by atoms with E-state index in [1.807, 2.05) is 0 Å². The topological polar surface area (TPSA) is 101 Å². The first-order valence-electron chi connectivity index (χ1n) is 5.40. The smallest absolute Gasteiger partial charge is 0.337 e. The number of carbonyl (C=O) groups is 1. The van der Waals surface area contributed by atoms with Crippen molar-refractivity contribution in [1.29, 1.82) is 0 Å². The first-order chi connectivity index (χ1) is 9.08. The van der Waals surface area contributed by atoms with E-state index >= 15 is 0 Å². The zero-order valence-corrected chi connectivity index (χ0v) is 10.6. The molecular weight excluding hydrogens is 268 g/mol. The molecule has 2 rings (SSSR count). The molecule has 6 nitrogen and oxygen atoms in total. The third-order valence-corrected chi connectivity index (χ3v) is 2.71. The number of hydrogen-bond acceptors (Lipinski definition) is 5. The van der Waals surface area contributed by atoms with Gasteiger partial charge in [0.25, 0.3) is 0 Å². The van der Waals surface area contributed by atoms with E-state index in [1.165, 1.54) is 12.1 Å². The van der Waals surface area contributed by atoms with Crippen LogP contribution in [0.25, 0.3) is 0 Å². The molecule has 0 amide bonds. The van der Waals surface area contributed by atoms with Crippen molar-refractivity contribution in [3.05, 3.63) is 46.7 Å². The fraction of sp³-hybridized carbons (Fsp3) is 0.0833. The molecule has 0 aliphatic rings. The normalized spacial score (nSPS) is 10.2. The second-order valence-corrected chi connectivity index (χ2v) is 4.21. The van der Waals surface area contributed by atoms with Crippen molar-refractivity contribution in [2.75, 3.05) is 11.1 Å². The second-order valence-electron chi connectivity index (χ2n) is 3.80. The lowest BCUT2D eigenvalue weighted by molar-refractivity contribution is 0.0698. The van der Waals surface area contributed by atoms with Crippen LogP contribution in [0, 0.1) is 0 Å². The van der Waals surface area contributed by atoms with Gasteiger partial charge in [-0.3, -0.25) is 0 Å². The minimum Gasteiger partial charge on any atom is -0.478 e. The van der Waals surface area contributed by atoms with Crippen LogP contribution in [-0.4, -0.2) is 21.3 Å². The van der Waals surface area contributed by atoms with Gasteiger partial charge in [-0.2, -0.15) is 10.2 Å². The summed E-state index contributed by atoms with van der Waals surface area (Å²) in [4.78, 5) is 11.2. The lowest BCUT2D eigenvalue weighted by Crippen LogP contribution is -2.09. The Hall–Kier alpha value is -2.34. The van der Waals surface area contributed by atoms with Crippen LogP contribution in [0.5, 0.6) is 0 Å². The minimum atomic E-state index is -1.10.